The van der Waals surface area contributed by atoms with Gasteiger partial charge < -0.3 is 9.64 Å². The Morgan fingerprint density at radius 2 is 1.73 bits per heavy atom. The van der Waals surface area contributed by atoms with Crippen LogP contribution in [0.25, 0.3) is 0 Å². The van der Waals surface area contributed by atoms with Crippen LogP contribution in [0.2, 0.25) is 0 Å². The van der Waals surface area contributed by atoms with Crippen LogP contribution in [0.15, 0.2) is 48.5 Å². The summed E-state index contributed by atoms with van der Waals surface area (Å²) >= 11 is 0. The molecule has 0 spiro atoms. The predicted octanol–water partition coefficient (Wildman–Crippen LogP) is 5.60. The number of ether oxygens (including phenoxy) is 1. The summed E-state index contributed by atoms with van der Waals surface area (Å²) in [4.78, 5) is 15.2. The normalized spacial score (nSPS) is 17.3. The minimum absolute atomic E-state index is 0.0295. The van der Waals surface area contributed by atoms with E-state index in [1.165, 1.54) is 18.4 Å². The Labute approximate surface area is 199 Å². The summed E-state index contributed by atoms with van der Waals surface area (Å²) < 4.78 is 30.1. The fraction of sp³-hybridized carbons (Fsp3) is 0.519. The molecule has 5 nitrogen and oxygen atoms in total. The fourth-order valence-electron chi connectivity index (χ4n) is 4.17. The van der Waals surface area contributed by atoms with Crippen molar-refractivity contribution in [1.29, 1.82) is 0 Å². The molecule has 1 aliphatic heterocycles. The van der Waals surface area contributed by atoms with Gasteiger partial charge in [-0.15, -0.1) is 0 Å². The molecule has 1 saturated heterocycles. The number of nitrogens with zero attached hydrogens (tertiary/aromatic N) is 1. The number of rotatable bonds is 11. The Kier molecular flexibility index (Phi) is 8.95. The van der Waals surface area contributed by atoms with E-state index in [1.54, 1.807) is 17.0 Å². The van der Waals surface area contributed by atoms with Gasteiger partial charge in [-0.05, 0) is 54.2 Å². The van der Waals surface area contributed by atoms with Gasteiger partial charge >= 0.3 is 0 Å². The van der Waals surface area contributed by atoms with Crippen LogP contribution in [0.3, 0.4) is 0 Å². The van der Waals surface area contributed by atoms with Gasteiger partial charge in [0.2, 0.25) is 0 Å². The smallest absolute Gasteiger partial charge is 0.254 e. The summed E-state index contributed by atoms with van der Waals surface area (Å²) in [5, 5.41) is 0. The van der Waals surface area contributed by atoms with Crippen LogP contribution in [0.1, 0.15) is 80.3 Å². The average molecular weight is 472 g/mol. The van der Waals surface area contributed by atoms with Crippen LogP contribution in [0, 0.1) is 0 Å². The molecule has 0 bridgehead atoms. The summed E-state index contributed by atoms with van der Waals surface area (Å²) in [7, 11) is -3.10. The number of unbranched alkanes of at least 4 members (excludes halogenated alkanes) is 3. The second kappa shape index (κ2) is 11.7. The molecule has 180 valence electrons. The highest BCUT2D eigenvalue weighted by Crippen LogP contribution is 2.24. The van der Waals surface area contributed by atoms with Gasteiger partial charge in [-0.25, -0.2) is 8.42 Å². The molecular weight excluding hydrogens is 434 g/mol. The fourth-order valence-corrected chi connectivity index (χ4v) is 5.90. The first-order chi connectivity index (χ1) is 15.8. The van der Waals surface area contributed by atoms with E-state index in [0.717, 1.165) is 24.2 Å². The molecule has 0 aromatic heterocycles. The molecule has 0 N–H and O–H groups in total. The van der Waals surface area contributed by atoms with Crippen molar-refractivity contribution in [1.82, 2.24) is 4.90 Å². The first-order valence-corrected chi connectivity index (χ1v) is 13.9. The van der Waals surface area contributed by atoms with Crippen LogP contribution in [0.5, 0.6) is 5.75 Å². The van der Waals surface area contributed by atoms with E-state index in [-0.39, 0.29) is 23.5 Å². The van der Waals surface area contributed by atoms with Crippen molar-refractivity contribution < 1.29 is 17.9 Å². The molecule has 1 aliphatic rings. The summed E-state index contributed by atoms with van der Waals surface area (Å²) in [5.74, 6) is 1.21. The zero-order valence-electron chi connectivity index (χ0n) is 20.1. The van der Waals surface area contributed by atoms with Crippen LogP contribution < -0.4 is 4.74 Å². The Bertz CT molecular complexity index is 997. The first-order valence-electron chi connectivity index (χ1n) is 12.1. The van der Waals surface area contributed by atoms with E-state index in [2.05, 4.69) is 32.9 Å². The molecule has 0 radical (unpaired) electrons. The van der Waals surface area contributed by atoms with Crippen LogP contribution >= 0.6 is 0 Å². The molecule has 0 aliphatic carbocycles. The third-order valence-electron chi connectivity index (χ3n) is 6.28. The Hall–Kier alpha value is -2.34. The van der Waals surface area contributed by atoms with Crippen molar-refractivity contribution in [2.75, 3.05) is 18.1 Å². The standard InChI is InChI=1S/C27H37NO4S/c1-4-5-6-7-17-32-26-14-12-24(13-15-26)27(29)28(25-16-18-33(30,31)20-25)19-22-8-10-23(11-9-22)21(2)3/h8-15,21,25H,4-7,16-20H2,1-3H3/t25-/m0/s1. The quantitative estimate of drug-likeness (QED) is 0.400. The van der Waals surface area contributed by atoms with E-state index in [0.29, 0.717) is 31.1 Å². The molecule has 3 rings (SSSR count). The lowest BCUT2D eigenvalue weighted by molar-refractivity contribution is 0.0681. The number of sulfone groups is 1. The van der Waals surface area contributed by atoms with Crippen molar-refractivity contribution in [3.05, 3.63) is 65.2 Å². The number of amides is 1. The summed E-state index contributed by atoms with van der Waals surface area (Å²) in [5.41, 5.74) is 2.80. The first kappa shape index (κ1) is 25.3. The number of carbonyl (C=O) groups excluding carboxylic acids is 1. The molecule has 1 atom stereocenters. The molecule has 1 amide bonds. The molecule has 2 aromatic carbocycles. The Balaban J connectivity index is 1.72. The summed E-state index contributed by atoms with van der Waals surface area (Å²) in [6.07, 6.45) is 5.07. The van der Waals surface area contributed by atoms with E-state index in [4.69, 9.17) is 4.74 Å². The van der Waals surface area contributed by atoms with Crippen LogP contribution in [-0.2, 0) is 16.4 Å². The maximum absolute atomic E-state index is 13.5. The number of benzene rings is 2. The Morgan fingerprint density at radius 3 is 2.30 bits per heavy atom. The highest BCUT2D eigenvalue weighted by molar-refractivity contribution is 7.91. The van der Waals surface area contributed by atoms with Crippen LogP contribution in [-0.4, -0.2) is 43.4 Å². The maximum atomic E-state index is 13.5. The van der Waals surface area contributed by atoms with E-state index < -0.39 is 9.84 Å². The maximum Gasteiger partial charge on any atom is 0.254 e. The second-order valence-electron chi connectivity index (χ2n) is 9.32. The second-order valence-corrected chi connectivity index (χ2v) is 11.5. The number of carbonyl (C=O) groups is 1. The van der Waals surface area contributed by atoms with E-state index >= 15 is 0 Å². The lowest BCUT2D eigenvalue weighted by Crippen LogP contribution is -2.40. The third-order valence-corrected chi connectivity index (χ3v) is 8.03. The van der Waals surface area contributed by atoms with Gasteiger partial charge in [-0.3, -0.25) is 4.79 Å². The van der Waals surface area contributed by atoms with Gasteiger partial charge in [0.15, 0.2) is 9.84 Å². The van der Waals surface area contributed by atoms with Gasteiger partial charge in [0.05, 0.1) is 18.1 Å². The summed E-state index contributed by atoms with van der Waals surface area (Å²) in [6, 6.07) is 15.2. The number of hydrogen-bond acceptors (Lipinski definition) is 4. The van der Waals surface area contributed by atoms with Gasteiger partial charge in [-0.2, -0.15) is 0 Å². The topological polar surface area (TPSA) is 63.7 Å². The van der Waals surface area contributed by atoms with E-state index in [1.807, 2.05) is 24.3 Å². The molecule has 6 heteroatoms. The summed E-state index contributed by atoms with van der Waals surface area (Å²) in [6.45, 7) is 7.54. The van der Waals surface area contributed by atoms with Crippen molar-refractivity contribution in [2.45, 2.75) is 71.4 Å². The lowest BCUT2D eigenvalue weighted by Gasteiger charge is -2.29. The predicted molar refractivity (Wildman–Crippen MR) is 134 cm³/mol. The highest BCUT2D eigenvalue weighted by Gasteiger charge is 2.35. The van der Waals surface area contributed by atoms with Gasteiger partial charge in [-0.1, -0.05) is 64.3 Å². The average Bonchev–Trinajstić information content (AvgIpc) is 3.17. The minimum Gasteiger partial charge on any atom is -0.494 e. The highest BCUT2D eigenvalue weighted by atomic mass is 32.2. The molecule has 1 heterocycles. The van der Waals surface area contributed by atoms with Gasteiger partial charge in [0.1, 0.15) is 5.75 Å². The molecule has 1 fully saturated rings. The number of hydrogen-bond donors (Lipinski definition) is 0. The van der Waals surface area contributed by atoms with Crippen LogP contribution in [0.4, 0.5) is 0 Å². The van der Waals surface area contributed by atoms with Gasteiger partial charge in [0, 0.05) is 18.2 Å². The zero-order chi connectivity index (χ0) is 23.8. The molecule has 0 saturated carbocycles. The van der Waals surface area contributed by atoms with Crippen molar-refractivity contribution in [3.63, 3.8) is 0 Å². The SMILES string of the molecule is CCCCCCOc1ccc(C(=O)N(Cc2ccc(C(C)C)cc2)[C@H]2CCS(=O)(=O)C2)cc1. The van der Waals surface area contributed by atoms with E-state index in [9.17, 15) is 13.2 Å². The minimum atomic E-state index is -3.10. The van der Waals surface area contributed by atoms with Crippen molar-refractivity contribution >= 4 is 15.7 Å². The molecule has 33 heavy (non-hydrogen) atoms. The molecule has 2 aromatic rings. The molecule has 0 unspecified atom stereocenters. The van der Waals surface area contributed by atoms with Crippen molar-refractivity contribution in [3.8, 4) is 5.75 Å². The lowest BCUT2D eigenvalue weighted by atomic mass is 10.0. The zero-order valence-corrected chi connectivity index (χ0v) is 20.9. The van der Waals surface area contributed by atoms with Gasteiger partial charge in [0.25, 0.3) is 5.91 Å². The van der Waals surface area contributed by atoms with Crippen molar-refractivity contribution in [2.24, 2.45) is 0 Å². The Morgan fingerprint density at radius 1 is 1.03 bits per heavy atom. The third kappa shape index (κ3) is 7.32. The molecular formula is C27H37NO4S. The monoisotopic (exact) mass is 471 g/mol. The largest absolute Gasteiger partial charge is 0.494 e.